The van der Waals surface area contributed by atoms with E-state index in [1.54, 1.807) is 0 Å². The van der Waals surface area contributed by atoms with E-state index in [-0.39, 0.29) is 6.04 Å². The van der Waals surface area contributed by atoms with E-state index in [1.807, 2.05) is 19.2 Å². The SMILES string of the molecule is CNC(CCN(C)C1CCOC1C)c1ccc(Br)cc1Cl. The molecular weight excluding hydrogens is 352 g/mol. The molecule has 21 heavy (non-hydrogen) atoms. The zero-order valence-corrected chi connectivity index (χ0v) is 15.2. The van der Waals surface area contributed by atoms with Gasteiger partial charge < -0.3 is 15.0 Å². The molecule has 1 saturated heterocycles. The summed E-state index contributed by atoms with van der Waals surface area (Å²) in [6.07, 6.45) is 2.48. The molecule has 5 heteroatoms. The largest absolute Gasteiger partial charge is 0.377 e. The molecule has 1 heterocycles. The number of hydrogen-bond acceptors (Lipinski definition) is 3. The first-order valence-electron chi connectivity index (χ1n) is 7.47. The summed E-state index contributed by atoms with van der Waals surface area (Å²) in [5.41, 5.74) is 1.16. The first-order chi connectivity index (χ1) is 10.0. The quantitative estimate of drug-likeness (QED) is 0.817. The summed E-state index contributed by atoms with van der Waals surface area (Å²) in [5, 5.41) is 4.19. The normalized spacial score (nSPS) is 23.7. The first-order valence-corrected chi connectivity index (χ1v) is 8.64. The summed E-state index contributed by atoms with van der Waals surface area (Å²) in [7, 11) is 4.18. The Balaban J connectivity index is 1.96. The third-order valence-corrected chi connectivity index (χ3v) is 5.18. The fraction of sp³-hybridized carbons (Fsp3) is 0.625. The minimum atomic E-state index is 0.269. The van der Waals surface area contributed by atoms with Gasteiger partial charge in [0.05, 0.1) is 6.10 Å². The van der Waals surface area contributed by atoms with Gasteiger partial charge in [0.15, 0.2) is 0 Å². The number of rotatable bonds is 6. The van der Waals surface area contributed by atoms with E-state index < -0.39 is 0 Å². The molecule has 1 aromatic carbocycles. The first kappa shape index (κ1) is 17.2. The van der Waals surface area contributed by atoms with E-state index in [4.69, 9.17) is 16.3 Å². The van der Waals surface area contributed by atoms with Crippen molar-refractivity contribution in [2.45, 2.75) is 38.0 Å². The third kappa shape index (κ3) is 4.42. The molecule has 1 aliphatic rings. The zero-order valence-electron chi connectivity index (χ0n) is 12.9. The van der Waals surface area contributed by atoms with Gasteiger partial charge in [0, 0.05) is 34.7 Å². The molecule has 0 amide bonds. The average Bonchev–Trinajstić information content (AvgIpc) is 2.87. The summed E-state index contributed by atoms with van der Waals surface area (Å²) in [6.45, 7) is 4.07. The van der Waals surface area contributed by atoms with Crippen LogP contribution in [-0.4, -0.2) is 44.3 Å². The predicted molar refractivity (Wildman–Crippen MR) is 92.0 cm³/mol. The minimum Gasteiger partial charge on any atom is -0.377 e. The molecule has 3 nitrogen and oxygen atoms in total. The van der Waals surface area contributed by atoms with Gasteiger partial charge in [0.2, 0.25) is 0 Å². The fourth-order valence-electron chi connectivity index (χ4n) is 3.04. The van der Waals surface area contributed by atoms with Crippen LogP contribution in [0.15, 0.2) is 22.7 Å². The van der Waals surface area contributed by atoms with Crippen molar-refractivity contribution >= 4 is 27.5 Å². The van der Waals surface area contributed by atoms with Crippen molar-refractivity contribution in [2.24, 2.45) is 0 Å². The maximum atomic E-state index is 6.37. The van der Waals surface area contributed by atoms with Crippen LogP contribution in [0, 0.1) is 0 Å². The summed E-state index contributed by atoms with van der Waals surface area (Å²) in [6, 6.07) is 6.89. The highest BCUT2D eigenvalue weighted by molar-refractivity contribution is 9.10. The Labute approximate surface area is 141 Å². The van der Waals surface area contributed by atoms with Crippen molar-refractivity contribution < 1.29 is 4.74 Å². The number of ether oxygens (including phenoxy) is 1. The Bertz CT molecular complexity index is 472. The van der Waals surface area contributed by atoms with E-state index >= 15 is 0 Å². The molecule has 0 bridgehead atoms. The Kier molecular flexibility index (Phi) is 6.51. The van der Waals surface area contributed by atoms with Crippen LogP contribution in [0.3, 0.4) is 0 Å². The maximum Gasteiger partial charge on any atom is 0.0702 e. The van der Waals surface area contributed by atoms with Gasteiger partial charge in [-0.3, -0.25) is 0 Å². The van der Waals surface area contributed by atoms with Gasteiger partial charge in [0.1, 0.15) is 0 Å². The maximum absolute atomic E-state index is 6.37. The Hall–Kier alpha value is -0.130. The van der Waals surface area contributed by atoms with Crippen molar-refractivity contribution in [3.63, 3.8) is 0 Å². The number of hydrogen-bond donors (Lipinski definition) is 1. The lowest BCUT2D eigenvalue weighted by molar-refractivity contribution is 0.0824. The summed E-state index contributed by atoms with van der Waals surface area (Å²) in [4.78, 5) is 2.41. The van der Waals surface area contributed by atoms with Gasteiger partial charge in [0.25, 0.3) is 0 Å². The smallest absolute Gasteiger partial charge is 0.0702 e. The molecule has 0 saturated carbocycles. The molecule has 1 aliphatic heterocycles. The van der Waals surface area contributed by atoms with Gasteiger partial charge in [-0.1, -0.05) is 33.6 Å². The highest BCUT2D eigenvalue weighted by Gasteiger charge is 2.28. The monoisotopic (exact) mass is 374 g/mol. The number of benzene rings is 1. The van der Waals surface area contributed by atoms with Crippen LogP contribution < -0.4 is 5.32 Å². The third-order valence-electron chi connectivity index (χ3n) is 4.36. The van der Waals surface area contributed by atoms with Gasteiger partial charge >= 0.3 is 0 Å². The van der Waals surface area contributed by atoms with Crippen LogP contribution in [0.4, 0.5) is 0 Å². The van der Waals surface area contributed by atoms with Gasteiger partial charge in [-0.25, -0.2) is 0 Å². The minimum absolute atomic E-state index is 0.269. The predicted octanol–water partition coefficient (Wildman–Crippen LogP) is 3.86. The second-order valence-corrected chi connectivity index (χ2v) is 7.03. The van der Waals surface area contributed by atoms with Crippen LogP contribution in [-0.2, 0) is 4.74 Å². The Morgan fingerprint density at radius 1 is 1.52 bits per heavy atom. The molecule has 3 unspecified atom stereocenters. The highest BCUT2D eigenvalue weighted by Crippen LogP contribution is 2.28. The van der Waals surface area contributed by atoms with Crippen molar-refractivity contribution in [2.75, 3.05) is 27.2 Å². The number of likely N-dealkylation sites (N-methyl/N-ethyl adjacent to an activating group) is 1. The summed E-state index contributed by atoms with van der Waals surface area (Å²) in [5.74, 6) is 0. The van der Waals surface area contributed by atoms with Gasteiger partial charge in [-0.05, 0) is 51.6 Å². The second kappa shape index (κ2) is 7.93. The highest BCUT2D eigenvalue weighted by atomic mass is 79.9. The van der Waals surface area contributed by atoms with Gasteiger partial charge in [-0.2, -0.15) is 0 Å². The Morgan fingerprint density at radius 2 is 2.29 bits per heavy atom. The Morgan fingerprint density at radius 3 is 2.86 bits per heavy atom. The van der Waals surface area contributed by atoms with Crippen molar-refractivity contribution in [3.05, 3.63) is 33.3 Å². The number of nitrogens with one attached hydrogen (secondary N) is 1. The topological polar surface area (TPSA) is 24.5 Å². The molecule has 0 spiro atoms. The molecule has 1 aromatic rings. The van der Waals surface area contributed by atoms with Crippen molar-refractivity contribution in [1.29, 1.82) is 0 Å². The van der Waals surface area contributed by atoms with E-state index in [9.17, 15) is 0 Å². The molecular formula is C16H24BrClN2O. The van der Waals surface area contributed by atoms with Crippen LogP contribution in [0.2, 0.25) is 5.02 Å². The lowest BCUT2D eigenvalue weighted by atomic mass is 10.0. The molecule has 1 fully saturated rings. The lowest BCUT2D eigenvalue weighted by Gasteiger charge is -2.28. The van der Waals surface area contributed by atoms with Crippen LogP contribution >= 0.6 is 27.5 Å². The van der Waals surface area contributed by atoms with Crippen molar-refractivity contribution in [3.8, 4) is 0 Å². The molecule has 2 rings (SSSR count). The number of halogens is 2. The fourth-order valence-corrected chi connectivity index (χ4v) is 3.84. The van der Waals surface area contributed by atoms with E-state index in [0.717, 1.165) is 41.1 Å². The average molecular weight is 376 g/mol. The van der Waals surface area contributed by atoms with E-state index in [2.05, 4.69) is 46.2 Å². The van der Waals surface area contributed by atoms with Crippen molar-refractivity contribution in [1.82, 2.24) is 10.2 Å². The summed E-state index contributed by atoms with van der Waals surface area (Å²) < 4.78 is 6.67. The van der Waals surface area contributed by atoms with Crippen LogP contribution in [0.5, 0.6) is 0 Å². The second-order valence-electron chi connectivity index (χ2n) is 5.71. The van der Waals surface area contributed by atoms with Crippen LogP contribution in [0.25, 0.3) is 0 Å². The molecule has 0 aromatic heterocycles. The lowest BCUT2D eigenvalue weighted by Crippen LogP contribution is -2.38. The molecule has 3 atom stereocenters. The zero-order chi connectivity index (χ0) is 15.4. The summed E-state index contributed by atoms with van der Waals surface area (Å²) >= 11 is 9.82. The van der Waals surface area contributed by atoms with Crippen LogP contribution in [0.1, 0.15) is 31.4 Å². The molecule has 1 N–H and O–H groups in total. The molecule has 118 valence electrons. The standard InChI is InChI=1S/C16H24BrClN2O/c1-11-16(7-9-21-11)20(3)8-6-15(19-2)13-5-4-12(17)10-14(13)18/h4-5,10-11,15-16,19H,6-9H2,1-3H3. The van der Waals surface area contributed by atoms with Gasteiger partial charge in [-0.15, -0.1) is 0 Å². The van der Waals surface area contributed by atoms with E-state index in [1.165, 1.54) is 0 Å². The molecule has 0 radical (unpaired) electrons. The van der Waals surface area contributed by atoms with E-state index in [0.29, 0.717) is 12.1 Å². The number of nitrogens with zero attached hydrogens (tertiary/aromatic N) is 1. The molecule has 0 aliphatic carbocycles.